The number of hydrogen-bond acceptors (Lipinski definition) is 6. The van der Waals surface area contributed by atoms with Gasteiger partial charge in [-0.1, -0.05) is 31.9 Å². The van der Waals surface area contributed by atoms with Gasteiger partial charge in [0.25, 0.3) is 10.0 Å². The van der Waals surface area contributed by atoms with Gasteiger partial charge in [0.15, 0.2) is 5.69 Å². The predicted octanol–water partition coefficient (Wildman–Crippen LogP) is 3.98. The van der Waals surface area contributed by atoms with Crippen LogP contribution >= 0.6 is 31.9 Å². The molecule has 28 heavy (non-hydrogen) atoms. The Kier molecular flexibility index (Phi) is 5.64. The first-order chi connectivity index (χ1) is 13.2. The molecule has 3 aromatic rings. The van der Waals surface area contributed by atoms with Gasteiger partial charge < -0.3 is 9.47 Å². The molecule has 0 atom stereocenters. The number of carbonyl (C=O) groups is 2. The normalized spacial score (nSPS) is 11.4. The summed E-state index contributed by atoms with van der Waals surface area (Å²) in [6.07, 6.45) is 0. The number of aromatic nitrogens is 1. The summed E-state index contributed by atoms with van der Waals surface area (Å²) in [5.41, 5.74) is -0.469. The van der Waals surface area contributed by atoms with E-state index in [2.05, 4.69) is 31.9 Å². The third-order valence-corrected chi connectivity index (χ3v) is 6.76. The van der Waals surface area contributed by atoms with Crippen LogP contribution in [0.25, 0.3) is 10.9 Å². The van der Waals surface area contributed by atoms with Gasteiger partial charge >= 0.3 is 11.9 Å². The molecule has 146 valence electrons. The SMILES string of the molecule is COC(=O)c1c(C(=O)OC)n(S(=O)(=O)c2ccc(Br)cc2)c2ccc(Br)cc12. The molecule has 1 aromatic heterocycles. The van der Waals surface area contributed by atoms with Gasteiger partial charge in [0.1, 0.15) is 5.56 Å². The van der Waals surface area contributed by atoms with Crippen molar-refractivity contribution in [2.45, 2.75) is 4.90 Å². The standard InChI is InChI=1S/C18H13Br2NO6S/c1-26-17(22)15-13-9-11(20)5-8-14(13)21(16(15)18(23)27-2)28(24,25)12-6-3-10(19)4-7-12/h3-9H,1-2H3. The topological polar surface area (TPSA) is 91.7 Å². The first kappa shape index (κ1) is 20.6. The van der Waals surface area contributed by atoms with E-state index in [0.717, 1.165) is 18.2 Å². The summed E-state index contributed by atoms with van der Waals surface area (Å²) in [5.74, 6) is -1.83. The number of nitrogens with zero attached hydrogens (tertiary/aromatic N) is 1. The molecule has 0 aliphatic rings. The van der Waals surface area contributed by atoms with Crippen LogP contribution in [0, 0.1) is 0 Å². The number of rotatable bonds is 4. The summed E-state index contributed by atoms with van der Waals surface area (Å²) in [5, 5.41) is 0.238. The van der Waals surface area contributed by atoms with Gasteiger partial charge in [-0.3, -0.25) is 0 Å². The molecule has 0 unspecified atom stereocenters. The molecule has 1 heterocycles. The Morgan fingerprint density at radius 1 is 0.893 bits per heavy atom. The van der Waals surface area contributed by atoms with Gasteiger partial charge in [0, 0.05) is 14.3 Å². The Morgan fingerprint density at radius 2 is 1.46 bits per heavy atom. The van der Waals surface area contributed by atoms with Gasteiger partial charge in [-0.2, -0.15) is 0 Å². The van der Waals surface area contributed by atoms with Crippen molar-refractivity contribution in [3.63, 3.8) is 0 Å². The lowest BCUT2D eigenvalue weighted by atomic mass is 10.1. The fraction of sp³-hybridized carbons (Fsp3) is 0.111. The van der Waals surface area contributed by atoms with E-state index < -0.39 is 27.7 Å². The second-order valence-electron chi connectivity index (χ2n) is 5.59. The second-order valence-corrected chi connectivity index (χ2v) is 9.21. The van der Waals surface area contributed by atoms with Gasteiger partial charge in [0.05, 0.1) is 24.6 Å². The van der Waals surface area contributed by atoms with Crippen molar-refractivity contribution in [1.82, 2.24) is 3.97 Å². The molecule has 0 amide bonds. The highest BCUT2D eigenvalue weighted by atomic mass is 79.9. The van der Waals surface area contributed by atoms with E-state index in [4.69, 9.17) is 9.47 Å². The predicted molar refractivity (Wildman–Crippen MR) is 109 cm³/mol. The van der Waals surface area contributed by atoms with Crippen LogP contribution in [-0.2, 0) is 19.5 Å². The fourth-order valence-corrected chi connectivity index (χ4v) is 4.93. The lowest BCUT2D eigenvalue weighted by molar-refractivity contribution is 0.0552. The first-order valence-electron chi connectivity index (χ1n) is 7.74. The average molecular weight is 531 g/mol. The van der Waals surface area contributed by atoms with Gasteiger partial charge in [0.2, 0.25) is 0 Å². The quantitative estimate of drug-likeness (QED) is 0.474. The maximum Gasteiger partial charge on any atom is 0.356 e. The van der Waals surface area contributed by atoms with Crippen molar-refractivity contribution < 1.29 is 27.5 Å². The lowest BCUT2D eigenvalue weighted by Crippen LogP contribution is -2.21. The third kappa shape index (κ3) is 3.36. The highest BCUT2D eigenvalue weighted by Gasteiger charge is 2.34. The van der Waals surface area contributed by atoms with Crippen LogP contribution in [0.15, 0.2) is 56.3 Å². The van der Waals surface area contributed by atoms with E-state index in [-0.39, 0.29) is 21.4 Å². The van der Waals surface area contributed by atoms with Crippen LogP contribution in [0.3, 0.4) is 0 Å². The van der Waals surface area contributed by atoms with E-state index >= 15 is 0 Å². The Morgan fingerprint density at radius 3 is 2.04 bits per heavy atom. The molecule has 7 nitrogen and oxygen atoms in total. The minimum absolute atomic E-state index is 0.0583. The van der Waals surface area contributed by atoms with Crippen molar-refractivity contribution >= 4 is 64.7 Å². The zero-order chi connectivity index (χ0) is 20.6. The number of ether oxygens (including phenoxy) is 2. The van der Waals surface area contributed by atoms with Crippen molar-refractivity contribution in [2.75, 3.05) is 14.2 Å². The molecule has 2 aromatic carbocycles. The number of methoxy groups -OCH3 is 2. The summed E-state index contributed by atoms with van der Waals surface area (Å²) >= 11 is 6.55. The largest absolute Gasteiger partial charge is 0.465 e. The van der Waals surface area contributed by atoms with E-state index in [9.17, 15) is 18.0 Å². The highest BCUT2D eigenvalue weighted by molar-refractivity contribution is 9.10. The molecule has 0 N–H and O–H groups in total. The van der Waals surface area contributed by atoms with E-state index in [1.165, 1.54) is 18.2 Å². The van der Waals surface area contributed by atoms with E-state index in [1.54, 1.807) is 24.3 Å². The molecule has 0 bridgehead atoms. The first-order valence-corrected chi connectivity index (χ1v) is 10.8. The molecule has 3 rings (SSSR count). The van der Waals surface area contributed by atoms with Crippen molar-refractivity contribution in [3.8, 4) is 0 Å². The molecular weight excluding hydrogens is 518 g/mol. The fourth-order valence-electron chi connectivity index (χ4n) is 2.79. The molecule has 0 radical (unpaired) electrons. The van der Waals surface area contributed by atoms with Gasteiger partial charge in [-0.25, -0.2) is 22.0 Å². The number of carbonyl (C=O) groups excluding carboxylic acids is 2. The van der Waals surface area contributed by atoms with Crippen molar-refractivity contribution in [1.29, 1.82) is 0 Å². The van der Waals surface area contributed by atoms with Gasteiger partial charge in [-0.05, 0) is 42.5 Å². The van der Waals surface area contributed by atoms with Crippen LogP contribution in [0.1, 0.15) is 20.8 Å². The average Bonchev–Trinajstić information content (AvgIpc) is 3.02. The molecule has 0 fully saturated rings. The summed E-state index contributed by atoms with van der Waals surface area (Å²) in [7, 11) is -1.98. The highest BCUT2D eigenvalue weighted by Crippen LogP contribution is 2.33. The molecule has 0 aliphatic carbocycles. The Bertz CT molecular complexity index is 1200. The molecular formula is C18H13Br2NO6S. The summed E-state index contributed by atoms with van der Waals surface area (Å²) in [6.45, 7) is 0. The number of hydrogen-bond donors (Lipinski definition) is 0. The Balaban J connectivity index is 2.49. The van der Waals surface area contributed by atoms with Crippen LogP contribution in [0.5, 0.6) is 0 Å². The lowest BCUT2D eigenvalue weighted by Gasteiger charge is -2.11. The monoisotopic (exact) mass is 529 g/mol. The number of halogens is 2. The number of benzene rings is 2. The smallest absolute Gasteiger partial charge is 0.356 e. The minimum Gasteiger partial charge on any atom is -0.465 e. The zero-order valence-electron chi connectivity index (χ0n) is 14.6. The summed E-state index contributed by atoms with van der Waals surface area (Å²) < 4.78 is 38.4. The third-order valence-electron chi connectivity index (χ3n) is 4.01. The Hall–Kier alpha value is -2.17. The molecule has 0 spiro atoms. The van der Waals surface area contributed by atoms with Crippen LogP contribution in [0.4, 0.5) is 0 Å². The number of esters is 2. The van der Waals surface area contributed by atoms with Crippen molar-refractivity contribution in [3.05, 3.63) is 62.7 Å². The second kappa shape index (κ2) is 7.69. The minimum atomic E-state index is -4.23. The number of fused-ring (bicyclic) bond motifs is 1. The zero-order valence-corrected chi connectivity index (χ0v) is 18.6. The van der Waals surface area contributed by atoms with Crippen LogP contribution in [-0.4, -0.2) is 38.5 Å². The van der Waals surface area contributed by atoms with E-state index in [0.29, 0.717) is 8.95 Å². The molecule has 10 heteroatoms. The Labute approximate surface area is 177 Å². The molecule has 0 aliphatic heterocycles. The summed E-state index contributed by atoms with van der Waals surface area (Å²) in [6, 6.07) is 10.6. The molecule has 0 saturated carbocycles. The van der Waals surface area contributed by atoms with Crippen LogP contribution < -0.4 is 0 Å². The maximum atomic E-state index is 13.4. The van der Waals surface area contributed by atoms with E-state index in [1.807, 2.05) is 0 Å². The van der Waals surface area contributed by atoms with Crippen LogP contribution in [0.2, 0.25) is 0 Å². The van der Waals surface area contributed by atoms with Crippen molar-refractivity contribution in [2.24, 2.45) is 0 Å². The summed E-state index contributed by atoms with van der Waals surface area (Å²) in [4.78, 5) is 24.9. The maximum absolute atomic E-state index is 13.4. The van der Waals surface area contributed by atoms with Gasteiger partial charge in [-0.15, -0.1) is 0 Å². The molecule has 0 saturated heterocycles.